The number of nitrogens with two attached hydrogens (primary N) is 1. The highest BCUT2D eigenvalue weighted by Gasteiger charge is 2.20. The third kappa shape index (κ3) is 2.41. The van der Waals surface area contributed by atoms with Crippen molar-refractivity contribution in [2.45, 2.75) is 19.4 Å². The Morgan fingerprint density at radius 3 is 2.81 bits per heavy atom. The van der Waals surface area contributed by atoms with E-state index in [9.17, 15) is 0 Å². The minimum atomic E-state index is -0.138. The second-order valence-corrected chi connectivity index (χ2v) is 5.06. The van der Waals surface area contributed by atoms with Gasteiger partial charge in [0.2, 0.25) is 0 Å². The second-order valence-electron chi connectivity index (χ2n) is 5.06. The van der Waals surface area contributed by atoms with Gasteiger partial charge in [0, 0.05) is 24.2 Å². The second kappa shape index (κ2) is 5.63. The van der Waals surface area contributed by atoms with Crippen molar-refractivity contribution in [3.63, 3.8) is 0 Å². The number of pyridine rings is 1. The smallest absolute Gasteiger partial charge is 0.0899 e. The molecule has 0 fully saturated rings. The van der Waals surface area contributed by atoms with Crippen LogP contribution in [-0.2, 0) is 13.5 Å². The molecule has 0 saturated carbocycles. The molecule has 0 spiro atoms. The maximum absolute atomic E-state index is 5.83. The molecule has 0 aliphatic heterocycles. The van der Waals surface area contributed by atoms with Gasteiger partial charge >= 0.3 is 0 Å². The highest BCUT2D eigenvalue weighted by molar-refractivity contribution is 5.82. The van der Waals surface area contributed by atoms with Gasteiger partial charge in [0.25, 0.3) is 0 Å². The number of hydrogen-bond donors (Lipinski definition) is 2. The van der Waals surface area contributed by atoms with Gasteiger partial charge in [-0.05, 0) is 18.6 Å². The summed E-state index contributed by atoms with van der Waals surface area (Å²) in [6.07, 6.45) is 2.71. The molecule has 1 unspecified atom stereocenters. The fourth-order valence-electron chi connectivity index (χ4n) is 2.68. The Kier molecular flexibility index (Phi) is 3.68. The van der Waals surface area contributed by atoms with E-state index < -0.39 is 0 Å². The minimum Gasteiger partial charge on any atom is -0.271 e. The lowest BCUT2D eigenvalue weighted by Crippen LogP contribution is -2.30. The van der Waals surface area contributed by atoms with Gasteiger partial charge in [-0.1, -0.05) is 31.2 Å². The topological polar surface area (TPSA) is 68.8 Å². The van der Waals surface area contributed by atoms with Gasteiger partial charge in [0.1, 0.15) is 0 Å². The summed E-state index contributed by atoms with van der Waals surface area (Å²) in [6.45, 7) is 2.09. The lowest BCUT2D eigenvalue weighted by molar-refractivity contribution is 0.576. The van der Waals surface area contributed by atoms with Gasteiger partial charge in [-0.3, -0.25) is 15.5 Å². The van der Waals surface area contributed by atoms with Crippen LogP contribution in [0.2, 0.25) is 0 Å². The normalized spacial score (nSPS) is 12.7. The molecule has 0 aliphatic carbocycles. The van der Waals surface area contributed by atoms with Crippen molar-refractivity contribution in [3.8, 4) is 0 Å². The number of benzene rings is 1. The summed E-state index contributed by atoms with van der Waals surface area (Å²) in [7, 11) is 1.94. The van der Waals surface area contributed by atoms with E-state index in [4.69, 9.17) is 5.84 Å². The maximum atomic E-state index is 5.83. The standard InChI is InChI=1S/C16H19N5/c1-3-12-10-14(21(2)20-12)16(19-17)13-8-4-6-11-7-5-9-18-15(11)13/h4-10,16,19H,3,17H2,1-2H3. The Labute approximate surface area is 123 Å². The van der Waals surface area contributed by atoms with Crippen LogP contribution in [0.15, 0.2) is 42.6 Å². The van der Waals surface area contributed by atoms with Gasteiger partial charge in [0.05, 0.1) is 22.9 Å². The van der Waals surface area contributed by atoms with E-state index in [2.05, 4.69) is 46.7 Å². The molecule has 21 heavy (non-hydrogen) atoms. The monoisotopic (exact) mass is 281 g/mol. The number of nitrogens with one attached hydrogen (secondary N) is 1. The van der Waals surface area contributed by atoms with Crippen molar-refractivity contribution >= 4 is 10.9 Å². The zero-order valence-electron chi connectivity index (χ0n) is 12.2. The summed E-state index contributed by atoms with van der Waals surface area (Å²) in [5, 5.41) is 5.61. The van der Waals surface area contributed by atoms with Crippen molar-refractivity contribution in [1.29, 1.82) is 0 Å². The van der Waals surface area contributed by atoms with Gasteiger partial charge in [-0.15, -0.1) is 0 Å². The Balaban J connectivity index is 2.16. The van der Waals surface area contributed by atoms with Crippen LogP contribution in [0.25, 0.3) is 10.9 Å². The van der Waals surface area contributed by atoms with Crippen molar-refractivity contribution in [2.24, 2.45) is 12.9 Å². The van der Waals surface area contributed by atoms with Crippen LogP contribution < -0.4 is 11.3 Å². The van der Waals surface area contributed by atoms with Crippen molar-refractivity contribution in [2.75, 3.05) is 0 Å². The van der Waals surface area contributed by atoms with Gasteiger partial charge in [0.15, 0.2) is 0 Å². The number of rotatable bonds is 4. The fraction of sp³-hybridized carbons (Fsp3) is 0.250. The first-order valence-electron chi connectivity index (χ1n) is 7.07. The largest absolute Gasteiger partial charge is 0.271 e. The molecule has 3 aromatic rings. The van der Waals surface area contributed by atoms with E-state index in [-0.39, 0.29) is 6.04 Å². The molecule has 3 N–H and O–H groups in total. The van der Waals surface area contributed by atoms with Crippen LogP contribution in [0.5, 0.6) is 0 Å². The first kappa shape index (κ1) is 13.7. The molecule has 2 aromatic heterocycles. The van der Waals surface area contributed by atoms with Crippen LogP contribution >= 0.6 is 0 Å². The Hall–Kier alpha value is -2.24. The summed E-state index contributed by atoms with van der Waals surface area (Å²) in [4.78, 5) is 4.51. The highest BCUT2D eigenvalue weighted by atomic mass is 15.3. The van der Waals surface area contributed by atoms with Gasteiger partial charge < -0.3 is 0 Å². The SMILES string of the molecule is CCc1cc(C(NN)c2cccc3cccnc23)n(C)n1. The Bertz CT molecular complexity index is 757. The molecule has 0 aliphatic rings. The third-order valence-corrected chi connectivity index (χ3v) is 3.77. The van der Waals surface area contributed by atoms with Crippen LogP contribution in [0.3, 0.4) is 0 Å². The number of para-hydroxylation sites is 1. The zero-order chi connectivity index (χ0) is 14.8. The lowest BCUT2D eigenvalue weighted by atomic mass is 10.0. The first-order chi connectivity index (χ1) is 10.2. The van der Waals surface area contributed by atoms with E-state index in [0.29, 0.717) is 0 Å². The molecule has 2 heterocycles. The molecule has 1 aromatic carbocycles. The average molecular weight is 281 g/mol. The van der Waals surface area contributed by atoms with E-state index in [0.717, 1.165) is 34.3 Å². The summed E-state index contributed by atoms with van der Waals surface area (Å²) in [5.41, 5.74) is 7.01. The quantitative estimate of drug-likeness (QED) is 0.567. The molecule has 0 bridgehead atoms. The van der Waals surface area contributed by atoms with Crippen LogP contribution in [-0.4, -0.2) is 14.8 Å². The first-order valence-corrected chi connectivity index (χ1v) is 7.07. The molecule has 0 amide bonds. The number of fused-ring (bicyclic) bond motifs is 1. The molecule has 108 valence electrons. The molecule has 3 rings (SSSR count). The van der Waals surface area contributed by atoms with Crippen molar-refractivity contribution in [1.82, 2.24) is 20.2 Å². The minimum absolute atomic E-state index is 0.138. The molecule has 5 nitrogen and oxygen atoms in total. The Morgan fingerprint density at radius 1 is 1.29 bits per heavy atom. The lowest BCUT2D eigenvalue weighted by Gasteiger charge is -2.18. The fourth-order valence-corrected chi connectivity index (χ4v) is 2.68. The summed E-state index contributed by atoms with van der Waals surface area (Å²) >= 11 is 0. The van der Waals surface area contributed by atoms with Crippen molar-refractivity contribution < 1.29 is 0 Å². The summed E-state index contributed by atoms with van der Waals surface area (Å²) < 4.78 is 1.88. The summed E-state index contributed by atoms with van der Waals surface area (Å²) in [6, 6.07) is 12.1. The third-order valence-electron chi connectivity index (χ3n) is 3.77. The number of aryl methyl sites for hydroxylation is 2. The summed E-state index contributed by atoms with van der Waals surface area (Å²) in [5.74, 6) is 5.83. The highest BCUT2D eigenvalue weighted by Crippen LogP contribution is 2.27. The molecule has 5 heteroatoms. The number of aromatic nitrogens is 3. The van der Waals surface area contributed by atoms with Crippen molar-refractivity contribution in [3.05, 3.63) is 59.5 Å². The average Bonchev–Trinajstić information content (AvgIpc) is 2.89. The van der Waals surface area contributed by atoms with E-state index in [1.807, 2.05) is 23.9 Å². The number of hydrazine groups is 1. The predicted molar refractivity (Wildman–Crippen MR) is 83.5 cm³/mol. The number of hydrogen-bond acceptors (Lipinski definition) is 4. The zero-order valence-corrected chi connectivity index (χ0v) is 12.2. The molecular formula is C16H19N5. The maximum Gasteiger partial charge on any atom is 0.0899 e. The molecular weight excluding hydrogens is 262 g/mol. The number of nitrogens with zero attached hydrogens (tertiary/aromatic N) is 3. The Morgan fingerprint density at radius 2 is 2.10 bits per heavy atom. The molecule has 0 saturated heterocycles. The van der Waals surface area contributed by atoms with Gasteiger partial charge in [-0.25, -0.2) is 5.43 Å². The van der Waals surface area contributed by atoms with Crippen LogP contribution in [0.1, 0.15) is 29.9 Å². The van der Waals surface area contributed by atoms with E-state index >= 15 is 0 Å². The van der Waals surface area contributed by atoms with Crippen LogP contribution in [0.4, 0.5) is 0 Å². The predicted octanol–water partition coefficient (Wildman–Crippen LogP) is 2.08. The molecule has 0 radical (unpaired) electrons. The van der Waals surface area contributed by atoms with E-state index in [1.54, 1.807) is 6.20 Å². The van der Waals surface area contributed by atoms with Crippen LogP contribution in [0, 0.1) is 0 Å². The van der Waals surface area contributed by atoms with E-state index in [1.165, 1.54) is 0 Å². The van der Waals surface area contributed by atoms with Gasteiger partial charge in [-0.2, -0.15) is 5.10 Å². The molecule has 1 atom stereocenters.